The van der Waals surface area contributed by atoms with Gasteiger partial charge in [0.2, 0.25) is 10.0 Å². The third-order valence-electron chi connectivity index (χ3n) is 2.79. The standard InChI is InChI=1S/C14H16N2O2S2/c1-9-3-4-14(10(2)5-9)19-12-6-11(15)7-13(8-12)20(16,17)18/h3-8H,15H2,1-2H3,(H2,16,17,18). The van der Waals surface area contributed by atoms with Crippen molar-refractivity contribution in [2.45, 2.75) is 28.5 Å². The zero-order valence-electron chi connectivity index (χ0n) is 11.3. The quantitative estimate of drug-likeness (QED) is 0.854. The van der Waals surface area contributed by atoms with Gasteiger partial charge in [-0.05, 0) is 43.7 Å². The number of rotatable bonds is 3. The van der Waals surface area contributed by atoms with Crippen molar-refractivity contribution >= 4 is 27.5 Å². The molecule has 0 aliphatic heterocycles. The largest absolute Gasteiger partial charge is 0.399 e. The van der Waals surface area contributed by atoms with Crippen molar-refractivity contribution in [3.05, 3.63) is 47.5 Å². The van der Waals surface area contributed by atoms with Crippen LogP contribution in [0.25, 0.3) is 0 Å². The number of hydrogen-bond donors (Lipinski definition) is 2. The fraction of sp³-hybridized carbons (Fsp3) is 0.143. The summed E-state index contributed by atoms with van der Waals surface area (Å²) in [6, 6.07) is 10.7. The Morgan fingerprint density at radius 3 is 2.35 bits per heavy atom. The van der Waals surface area contributed by atoms with E-state index in [4.69, 9.17) is 10.9 Å². The van der Waals surface area contributed by atoms with E-state index in [1.807, 2.05) is 26.0 Å². The first-order valence-corrected chi connectivity index (χ1v) is 8.30. The highest BCUT2D eigenvalue weighted by atomic mass is 32.2. The van der Waals surface area contributed by atoms with Gasteiger partial charge in [0, 0.05) is 15.5 Å². The van der Waals surface area contributed by atoms with Gasteiger partial charge in [0.25, 0.3) is 0 Å². The van der Waals surface area contributed by atoms with Gasteiger partial charge >= 0.3 is 0 Å². The first-order chi connectivity index (χ1) is 9.25. The lowest BCUT2D eigenvalue weighted by Gasteiger charge is -2.09. The van der Waals surface area contributed by atoms with Gasteiger partial charge in [-0.1, -0.05) is 29.5 Å². The molecular formula is C14H16N2O2S2. The second-order valence-corrected chi connectivity index (χ2v) is 7.33. The first-order valence-electron chi connectivity index (χ1n) is 5.94. The lowest BCUT2D eigenvalue weighted by molar-refractivity contribution is 0.597. The molecule has 0 aliphatic rings. The van der Waals surface area contributed by atoms with Crippen LogP contribution in [-0.2, 0) is 10.0 Å². The molecule has 0 radical (unpaired) electrons. The predicted octanol–water partition coefficient (Wildman–Crippen LogP) is 2.68. The van der Waals surface area contributed by atoms with E-state index in [2.05, 4.69) is 6.07 Å². The second kappa shape index (κ2) is 5.47. The van der Waals surface area contributed by atoms with Gasteiger partial charge in [-0.3, -0.25) is 0 Å². The Hall–Kier alpha value is -1.50. The molecule has 4 N–H and O–H groups in total. The molecule has 2 aromatic rings. The van der Waals surface area contributed by atoms with Crippen LogP contribution in [0.1, 0.15) is 11.1 Å². The van der Waals surface area contributed by atoms with Crippen LogP contribution in [0.15, 0.2) is 51.1 Å². The van der Waals surface area contributed by atoms with Crippen LogP contribution in [0.5, 0.6) is 0 Å². The van der Waals surface area contributed by atoms with E-state index in [9.17, 15) is 8.42 Å². The van der Waals surface area contributed by atoms with Crippen LogP contribution in [0.2, 0.25) is 0 Å². The van der Waals surface area contributed by atoms with Crippen LogP contribution >= 0.6 is 11.8 Å². The van der Waals surface area contributed by atoms with Gasteiger partial charge in [0.15, 0.2) is 0 Å². The summed E-state index contributed by atoms with van der Waals surface area (Å²) in [5, 5.41) is 5.15. The smallest absolute Gasteiger partial charge is 0.238 e. The summed E-state index contributed by atoms with van der Waals surface area (Å²) in [7, 11) is -3.75. The van der Waals surface area contributed by atoms with Gasteiger partial charge < -0.3 is 5.73 Å². The van der Waals surface area contributed by atoms with Crippen molar-refractivity contribution in [2.24, 2.45) is 5.14 Å². The Morgan fingerprint density at radius 1 is 1.05 bits per heavy atom. The average molecular weight is 308 g/mol. The van der Waals surface area contributed by atoms with E-state index in [0.29, 0.717) is 5.69 Å². The molecule has 0 spiro atoms. The van der Waals surface area contributed by atoms with Gasteiger partial charge in [-0.2, -0.15) is 0 Å². The van der Waals surface area contributed by atoms with Crippen LogP contribution in [0, 0.1) is 13.8 Å². The molecule has 6 heteroatoms. The SMILES string of the molecule is Cc1ccc(Sc2cc(N)cc(S(N)(=O)=O)c2)c(C)c1. The van der Waals surface area contributed by atoms with E-state index in [0.717, 1.165) is 15.4 Å². The Bertz CT molecular complexity index is 756. The van der Waals surface area contributed by atoms with Crippen molar-refractivity contribution in [1.82, 2.24) is 0 Å². The summed E-state index contributed by atoms with van der Waals surface area (Å²) in [6.07, 6.45) is 0. The minimum Gasteiger partial charge on any atom is -0.399 e. The molecule has 0 saturated carbocycles. The summed E-state index contributed by atoms with van der Waals surface area (Å²) in [6.45, 7) is 4.04. The predicted molar refractivity (Wildman–Crippen MR) is 82.3 cm³/mol. The second-order valence-electron chi connectivity index (χ2n) is 4.65. The van der Waals surface area contributed by atoms with Crippen LogP contribution in [0.3, 0.4) is 0 Å². The molecule has 20 heavy (non-hydrogen) atoms. The highest BCUT2D eigenvalue weighted by Crippen LogP contribution is 2.33. The minimum absolute atomic E-state index is 0.0322. The molecular weight excluding hydrogens is 292 g/mol. The third-order valence-corrected chi connectivity index (χ3v) is 4.83. The fourth-order valence-electron chi connectivity index (χ4n) is 1.86. The Kier molecular flexibility index (Phi) is 4.08. The molecule has 0 bridgehead atoms. The van der Waals surface area contributed by atoms with Gasteiger partial charge in [-0.15, -0.1) is 0 Å². The normalized spacial score (nSPS) is 11.6. The monoisotopic (exact) mass is 308 g/mol. The number of nitrogens with two attached hydrogens (primary N) is 2. The minimum atomic E-state index is -3.75. The molecule has 4 nitrogen and oxygen atoms in total. The number of benzene rings is 2. The number of anilines is 1. The van der Waals surface area contributed by atoms with Crippen molar-refractivity contribution in [3.63, 3.8) is 0 Å². The van der Waals surface area contributed by atoms with E-state index in [1.165, 1.54) is 29.5 Å². The lowest BCUT2D eigenvalue weighted by atomic mass is 10.2. The Labute approximate surface area is 123 Å². The van der Waals surface area contributed by atoms with Crippen molar-refractivity contribution in [3.8, 4) is 0 Å². The van der Waals surface area contributed by atoms with Crippen molar-refractivity contribution in [2.75, 3.05) is 5.73 Å². The fourth-order valence-corrected chi connectivity index (χ4v) is 3.51. The number of primary sulfonamides is 1. The first kappa shape index (κ1) is 14.9. The molecule has 0 aromatic heterocycles. The molecule has 0 unspecified atom stereocenters. The zero-order valence-corrected chi connectivity index (χ0v) is 12.9. The van der Waals surface area contributed by atoms with Crippen LogP contribution < -0.4 is 10.9 Å². The zero-order chi connectivity index (χ0) is 14.9. The number of hydrogen-bond acceptors (Lipinski definition) is 4. The summed E-state index contributed by atoms with van der Waals surface area (Å²) in [4.78, 5) is 1.84. The molecule has 0 atom stereocenters. The highest BCUT2D eigenvalue weighted by Gasteiger charge is 2.11. The maximum Gasteiger partial charge on any atom is 0.238 e. The number of aryl methyl sites for hydroxylation is 2. The van der Waals surface area contributed by atoms with Crippen LogP contribution in [0.4, 0.5) is 5.69 Å². The molecule has 0 amide bonds. The van der Waals surface area contributed by atoms with Gasteiger partial charge in [0.1, 0.15) is 0 Å². The van der Waals surface area contributed by atoms with E-state index in [-0.39, 0.29) is 4.90 Å². The van der Waals surface area contributed by atoms with E-state index >= 15 is 0 Å². The number of nitrogen functional groups attached to an aromatic ring is 1. The summed E-state index contributed by atoms with van der Waals surface area (Å²) in [5.41, 5.74) is 8.44. The topological polar surface area (TPSA) is 86.2 Å². The molecule has 2 rings (SSSR count). The van der Waals surface area contributed by atoms with Gasteiger partial charge in [0.05, 0.1) is 4.90 Å². The molecule has 106 valence electrons. The lowest BCUT2D eigenvalue weighted by Crippen LogP contribution is -2.12. The molecule has 0 saturated heterocycles. The maximum absolute atomic E-state index is 11.4. The van der Waals surface area contributed by atoms with E-state index in [1.54, 1.807) is 6.07 Å². The molecule has 0 fully saturated rings. The highest BCUT2D eigenvalue weighted by molar-refractivity contribution is 7.99. The Balaban J connectivity index is 2.41. The van der Waals surface area contributed by atoms with Crippen molar-refractivity contribution in [1.29, 1.82) is 0 Å². The molecule has 0 aliphatic carbocycles. The molecule has 0 heterocycles. The third kappa shape index (κ3) is 3.53. The maximum atomic E-state index is 11.4. The summed E-state index contributed by atoms with van der Waals surface area (Å²) < 4.78 is 22.8. The summed E-state index contributed by atoms with van der Waals surface area (Å²) in [5.74, 6) is 0. The van der Waals surface area contributed by atoms with Gasteiger partial charge in [-0.25, -0.2) is 13.6 Å². The number of sulfonamides is 1. The molecule has 2 aromatic carbocycles. The Morgan fingerprint density at radius 2 is 1.75 bits per heavy atom. The van der Waals surface area contributed by atoms with Crippen LogP contribution in [-0.4, -0.2) is 8.42 Å². The van der Waals surface area contributed by atoms with E-state index < -0.39 is 10.0 Å². The summed E-state index contributed by atoms with van der Waals surface area (Å²) >= 11 is 1.47. The van der Waals surface area contributed by atoms with Crippen molar-refractivity contribution < 1.29 is 8.42 Å². The average Bonchev–Trinajstić information content (AvgIpc) is 2.31.